The van der Waals surface area contributed by atoms with Crippen LogP contribution in [0.4, 0.5) is 0 Å². The minimum Gasteiger partial charge on any atom is -0.493 e. The van der Waals surface area contributed by atoms with Crippen LogP contribution in [0.15, 0.2) is 75.9 Å². The van der Waals surface area contributed by atoms with Crippen molar-refractivity contribution in [2.45, 2.75) is 25.9 Å². The summed E-state index contributed by atoms with van der Waals surface area (Å²) in [6.07, 6.45) is 0.143. The third kappa shape index (κ3) is 6.29. The van der Waals surface area contributed by atoms with Gasteiger partial charge in [-0.2, -0.15) is 0 Å². The van der Waals surface area contributed by atoms with Crippen molar-refractivity contribution in [2.24, 2.45) is 4.99 Å². The molecule has 0 N–H and O–H groups in total. The Bertz CT molecular complexity index is 1310. The summed E-state index contributed by atoms with van der Waals surface area (Å²) in [6.45, 7) is 2.68. The Labute approximate surface area is 233 Å². The van der Waals surface area contributed by atoms with Crippen LogP contribution in [0.3, 0.4) is 0 Å². The number of nitrogens with zero attached hydrogens (tertiary/aromatic N) is 3. The van der Waals surface area contributed by atoms with E-state index in [1.54, 1.807) is 46.3 Å². The van der Waals surface area contributed by atoms with E-state index in [4.69, 9.17) is 23.9 Å². The fraction of sp³-hybridized carbons (Fsp3) is 0.345. The number of amidine groups is 1. The number of ether oxygens (including phenoxy) is 4. The van der Waals surface area contributed by atoms with Crippen LogP contribution >= 0.6 is 11.8 Å². The number of allylic oxidation sites excluding steroid dienone is 1. The molecule has 0 fully saturated rings. The summed E-state index contributed by atoms with van der Waals surface area (Å²) in [4.78, 5) is 35.1. The number of carbonyl (C=O) groups excluding carboxylic acids is 2. The van der Waals surface area contributed by atoms with Crippen LogP contribution in [0, 0.1) is 0 Å². The first-order valence-electron chi connectivity index (χ1n) is 12.5. The van der Waals surface area contributed by atoms with Gasteiger partial charge in [0.1, 0.15) is 6.61 Å². The summed E-state index contributed by atoms with van der Waals surface area (Å²) in [6, 6.07) is 14.8. The number of rotatable bonds is 11. The van der Waals surface area contributed by atoms with E-state index in [0.717, 1.165) is 16.8 Å². The summed E-state index contributed by atoms with van der Waals surface area (Å²) in [5.41, 5.74) is 3.51. The number of esters is 1. The zero-order chi connectivity index (χ0) is 27.9. The molecule has 4 rings (SSSR count). The zero-order valence-electron chi connectivity index (χ0n) is 22.8. The second kappa shape index (κ2) is 12.9. The number of fused-ring (bicyclic) bond motifs is 1. The maximum atomic E-state index is 13.4. The van der Waals surface area contributed by atoms with E-state index >= 15 is 0 Å². The lowest BCUT2D eigenvalue weighted by Gasteiger charge is -2.36. The third-order valence-corrected chi connectivity index (χ3v) is 7.37. The molecule has 2 aliphatic rings. The number of thioether (sulfide) groups is 1. The maximum Gasteiger partial charge on any atom is 0.338 e. The molecule has 0 aliphatic carbocycles. The molecular weight excluding hydrogens is 518 g/mol. The molecule has 2 heterocycles. The van der Waals surface area contributed by atoms with Gasteiger partial charge in [0.2, 0.25) is 5.91 Å². The van der Waals surface area contributed by atoms with Crippen LogP contribution in [0.2, 0.25) is 0 Å². The smallest absolute Gasteiger partial charge is 0.338 e. The normalized spacial score (nSPS) is 16.3. The largest absolute Gasteiger partial charge is 0.493 e. The molecular formula is C29H33N3O6S. The monoisotopic (exact) mass is 551 g/mol. The van der Waals surface area contributed by atoms with Crippen molar-refractivity contribution in [3.63, 3.8) is 0 Å². The first-order chi connectivity index (χ1) is 18.9. The van der Waals surface area contributed by atoms with Gasteiger partial charge in [-0.3, -0.25) is 4.79 Å². The Morgan fingerprint density at radius 1 is 1.03 bits per heavy atom. The van der Waals surface area contributed by atoms with E-state index < -0.39 is 12.0 Å². The molecule has 9 nitrogen and oxygen atoms in total. The zero-order valence-corrected chi connectivity index (χ0v) is 23.6. The van der Waals surface area contributed by atoms with Crippen LogP contribution in [-0.2, 0) is 25.6 Å². The molecule has 1 unspecified atom stereocenters. The van der Waals surface area contributed by atoms with Gasteiger partial charge in [0, 0.05) is 26.4 Å². The van der Waals surface area contributed by atoms with Gasteiger partial charge in [-0.15, -0.1) is 0 Å². The highest BCUT2D eigenvalue weighted by Crippen LogP contribution is 2.46. The van der Waals surface area contributed by atoms with E-state index in [0.29, 0.717) is 34.5 Å². The summed E-state index contributed by atoms with van der Waals surface area (Å²) >= 11 is 1.43. The molecule has 2 aliphatic heterocycles. The highest BCUT2D eigenvalue weighted by molar-refractivity contribution is 8.16. The van der Waals surface area contributed by atoms with E-state index in [2.05, 4.69) is 0 Å². The molecule has 0 spiro atoms. The van der Waals surface area contributed by atoms with E-state index in [-0.39, 0.29) is 25.5 Å². The van der Waals surface area contributed by atoms with Crippen molar-refractivity contribution in [2.75, 3.05) is 41.6 Å². The summed E-state index contributed by atoms with van der Waals surface area (Å²) in [7, 11) is 6.47. The van der Waals surface area contributed by atoms with Gasteiger partial charge >= 0.3 is 5.97 Å². The Morgan fingerprint density at radius 3 is 2.46 bits per heavy atom. The second-order valence-electron chi connectivity index (χ2n) is 9.05. The molecule has 0 saturated heterocycles. The van der Waals surface area contributed by atoms with Crippen molar-refractivity contribution in [1.82, 2.24) is 9.80 Å². The van der Waals surface area contributed by atoms with Crippen molar-refractivity contribution >= 4 is 28.8 Å². The van der Waals surface area contributed by atoms with Crippen LogP contribution in [0.1, 0.15) is 30.5 Å². The van der Waals surface area contributed by atoms with Gasteiger partial charge in [0.05, 0.1) is 44.6 Å². The number of aliphatic imine (C=N–C) groups is 1. The minimum absolute atomic E-state index is 0.0477. The quantitative estimate of drug-likeness (QED) is 0.298. The average molecular weight is 552 g/mol. The molecule has 0 bridgehead atoms. The number of carbonyl (C=O) groups is 2. The van der Waals surface area contributed by atoms with Crippen molar-refractivity contribution in [3.8, 4) is 11.5 Å². The predicted octanol–water partition coefficient (Wildman–Crippen LogP) is 4.52. The van der Waals surface area contributed by atoms with Crippen LogP contribution in [0.25, 0.3) is 0 Å². The first kappa shape index (κ1) is 28.3. The lowest BCUT2D eigenvalue weighted by Crippen LogP contribution is -2.38. The van der Waals surface area contributed by atoms with Crippen molar-refractivity contribution in [1.29, 1.82) is 0 Å². The van der Waals surface area contributed by atoms with Gasteiger partial charge in [-0.1, -0.05) is 48.2 Å². The molecule has 39 heavy (non-hydrogen) atoms. The highest BCUT2D eigenvalue weighted by atomic mass is 32.2. The highest BCUT2D eigenvalue weighted by Gasteiger charge is 2.41. The van der Waals surface area contributed by atoms with Crippen molar-refractivity contribution < 1.29 is 28.5 Å². The van der Waals surface area contributed by atoms with Crippen LogP contribution < -0.4 is 9.47 Å². The molecule has 1 amide bonds. The number of methoxy groups -OCH3 is 3. The predicted molar refractivity (Wildman–Crippen MR) is 150 cm³/mol. The Balaban J connectivity index is 1.67. The molecule has 2 aromatic carbocycles. The molecule has 0 aromatic heterocycles. The summed E-state index contributed by atoms with van der Waals surface area (Å²) in [5.74, 6) is 0.560. The third-order valence-electron chi connectivity index (χ3n) is 6.49. The summed E-state index contributed by atoms with van der Waals surface area (Å²) < 4.78 is 21.6. The van der Waals surface area contributed by atoms with Crippen LogP contribution in [-0.4, -0.2) is 68.4 Å². The van der Waals surface area contributed by atoms with Gasteiger partial charge in [0.25, 0.3) is 0 Å². The number of amides is 1. The summed E-state index contributed by atoms with van der Waals surface area (Å²) in [5, 5.41) is 2.61. The number of hydrogen-bond donors (Lipinski definition) is 0. The first-order valence-corrected chi connectivity index (χ1v) is 13.4. The Kier molecular flexibility index (Phi) is 9.32. The fourth-order valence-corrected chi connectivity index (χ4v) is 5.46. The average Bonchev–Trinajstić information content (AvgIpc) is 3.34. The second-order valence-corrected chi connectivity index (χ2v) is 9.88. The number of benzene rings is 2. The Hall–Kier alpha value is -3.76. The Morgan fingerprint density at radius 2 is 1.77 bits per heavy atom. The minimum atomic E-state index is -0.583. The van der Waals surface area contributed by atoms with E-state index in [1.165, 1.54) is 11.8 Å². The van der Waals surface area contributed by atoms with E-state index in [9.17, 15) is 9.59 Å². The topological polar surface area (TPSA) is 89.9 Å². The van der Waals surface area contributed by atoms with Crippen molar-refractivity contribution in [3.05, 3.63) is 82.0 Å². The maximum absolute atomic E-state index is 13.4. The molecule has 2 aromatic rings. The molecule has 0 saturated carbocycles. The van der Waals surface area contributed by atoms with Gasteiger partial charge in [-0.05, 0) is 35.6 Å². The molecule has 1 atom stereocenters. The fourth-order valence-electron chi connectivity index (χ4n) is 4.50. The van der Waals surface area contributed by atoms with Gasteiger partial charge in [0.15, 0.2) is 16.7 Å². The molecule has 206 valence electrons. The SMILES string of the molecule is COCCOC(=O)C1=C(C)N=C2SC=C(CC(=O)N(C)Cc3ccccc3)N2C1c1ccc(OC)c(OC)c1. The van der Waals surface area contributed by atoms with Gasteiger partial charge < -0.3 is 28.7 Å². The van der Waals surface area contributed by atoms with E-state index in [1.807, 2.05) is 52.8 Å². The lowest BCUT2D eigenvalue weighted by atomic mass is 9.93. The van der Waals surface area contributed by atoms with Gasteiger partial charge in [-0.25, -0.2) is 9.79 Å². The standard InChI is InChI=1S/C29H33N3O6S/c1-19-26(28(34)38-14-13-35-3)27(21-11-12-23(36-4)24(15-21)37-5)32-22(18-39-29(32)30-19)16-25(33)31(2)17-20-9-7-6-8-10-20/h6-12,15,18,27H,13-14,16-17H2,1-5H3. The van der Waals surface area contributed by atoms with Crippen LogP contribution in [0.5, 0.6) is 11.5 Å². The molecule has 0 radical (unpaired) electrons. The molecule has 10 heteroatoms. The number of hydrogen-bond acceptors (Lipinski definition) is 9. The lowest BCUT2D eigenvalue weighted by molar-refractivity contribution is -0.141.